The van der Waals surface area contributed by atoms with Crippen molar-refractivity contribution in [1.82, 2.24) is 15.5 Å². The van der Waals surface area contributed by atoms with Crippen LogP contribution in [0.15, 0.2) is 10.5 Å². The molecule has 0 saturated heterocycles. The SMILES string of the molecule is CC[C@H](CC#N)NCc1nnc(-c2cc3c(s2)CCCC3)o1. The molecule has 1 aliphatic rings. The molecular formula is C16H20N4OS. The third-order valence-electron chi connectivity index (χ3n) is 4.05. The van der Waals surface area contributed by atoms with Crippen LogP contribution in [0.1, 0.15) is 48.9 Å². The lowest BCUT2D eigenvalue weighted by Gasteiger charge is -2.10. The molecule has 2 aromatic heterocycles. The van der Waals surface area contributed by atoms with E-state index in [1.54, 1.807) is 11.3 Å². The van der Waals surface area contributed by atoms with Gasteiger partial charge < -0.3 is 9.73 Å². The van der Waals surface area contributed by atoms with Gasteiger partial charge >= 0.3 is 0 Å². The maximum atomic E-state index is 8.76. The maximum absolute atomic E-state index is 8.76. The average molecular weight is 316 g/mol. The molecule has 2 heterocycles. The number of nitrogens with one attached hydrogen (secondary N) is 1. The summed E-state index contributed by atoms with van der Waals surface area (Å²) in [7, 11) is 0. The predicted molar refractivity (Wildman–Crippen MR) is 85.4 cm³/mol. The molecule has 0 spiro atoms. The Bertz CT molecular complexity index is 646. The van der Waals surface area contributed by atoms with Crippen molar-refractivity contribution in [1.29, 1.82) is 5.26 Å². The van der Waals surface area contributed by atoms with Crippen molar-refractivity contribution in [3.8, 4) is 16.8 Å². The van der Waals surface area contributed by atoms with Gasteiger partial charge in [-0.3, -0.25) is 0 Å². The van der Waals surface area contributed by atoms with Gasteiger partial charge in [-0.1, -0.05) is 6.92 Å². The summed E-state index contributed by atoms with van der Waals surface area (Å²) in [5.41, 5.74) is 1.45. The molecule has 116 valence electrons. The predicted octanol–water partition coefficient (Wildman–Crippen LogP) is 3.46. The summed E-state index contributed by atoms with van der Waals surface area (Å²) in [4.78, 5) is 2.55. The highest BCUT2D eigenvalue weighted by Gasteiger charge is 2.18. The second-order valence-electron chi connectivity index (χ2n) is 5.62. The highest BCUT2D eigenvalue weighted by atomic mass is 32.1. The summed E-state index contributed by atoms with van der Waals surface area (Å²) >= 11 is 1.78. The molecule has 0 bridgehead atoms. The van der Waals surface area contributed by atoms with Gasteiger partial charge in [0.05, 0.1) is 23.9 Å². The van der Waals surface area contributed by atoms with E-state index >= 15 is 0 Å². The van der Waals surface area contributed by atoms with Crippen molar-refractivity contribution in [3.63, 3.8) is 0 Å². The van der Waals surface area contributed by atoms with E-state index < -0.39 is 0 Å². The number of hydrogen-bond donors (Lipinski definition) is 1. The van der Waals surface area contributed by atoms with Gasteiger partial charge in [-0.15, -0.1) is 21.5 Å². The lowest BCUT2D eigenvalue weighted by atomic mass is 9.99. The first kappa shape index (κ1) is 15.2. The lowest BCUT2D eigenvalue weighted by Crippen LogP contribution is -2.27. The Labute approximate surface area is 134 Å². The second kappa shape index (κ2) is 7.03. The van der Waals surface area contributed by atoms with E-state index in [1.165, 1.54) is 36.1 Å². The molecule has 6 heteroatoms. The zero-order valence-electron chi connectivity index (χ0n) is 12.8. The van der Waals surface area contributed by atoms with Crippen LogP contribution in [0.5, 0.6) is 0 Å². The molecule has 0 fully saturated rings. The van der Waals surface area contributed by atoms with E-state index in [1.807, 2.05) is 0 Å². The van der Waals surface area contributed by atoms with Crippen molar-refractivity contribution >= 4 is 11.3 Å². The summed E-state index contributed by atoms with van der Waals surface area (Å²) in [5.74, 6) is 1.20. The van der Waals surface area contributed by atoms with Crippen molar-refractivity contribution in [2.45, 2.75) is 58.0 Å². The summed E-state index contributed by atoms with van der Waals surface area (Å²) < 4.78 is 5.76. The normalized spacial score (nSPS) is 15.3. The molecule has 22 heavy (non-hydrogen) atoms. The largest absolute Gasteiger partial charge is 0.419 e. The van der Waals surface area contributed by atoms with Gasteiger partial charge in [-0.25, -0.2) is 0 Å². The third kappa shape index (κ3) is 3.37. The highest BCUT2D eigenvalue weighted by Crippen LogP contribution is 2.35. The van der Waals surface area contributed by atoms with Gasteiger partial charge in [0, 0.05) is 10.9 Å². The monoisotopic (exact) mass is 316 g/mol. The van der Waals surface area contributed by atoms with E-state index in [4.69, 9.17) is 9.68 Å². The molecule has 1 N–H and O–H groups in total. The summed E-state index contributed by atoms with van der Waals surface area (Å²) in [5, 5.41) is 20.3. The number of aromatic nitrogens is 2. The van der Waals surface area contributed by atoms with Gasteiger partial charge in [0.15, 0.2) is 0 Å². The van der Waals surface area contributed by atoms with Crippen LogP contribution in [0.4, 0.5) is 0 Å². The minimum Gasteiger partial charge on any atom is -0.419 e. The highest BCUT2D eigenvalue weighted by molar-refractivity contribution is 7.15. The number of fused-ring (bicyclic) bond motifs is 1. The van der Waals surface area contributed by atoms with Crippen molar-refractivity contribution in [2.75, 3.05) is 0 Å². The number of nitrogens with zero attached hydrogens (tertiary/aromatic N) is 3. The minimum absolute atomic E-state index is 0.175. The summed E-state index contributed by atoms with van der Waals surface area (Å²) in [6.45, 7) is 2.57. The van der Waals surface area contributed by atoms with E-state index in [2.05, 4.69) is 34.6 Å². The number of aryl methyl sites for hydroxylation is 2. The molecule has 1 atom stereocenters. The summed E-state index contributed by atoms with van der Waals surface area (Å²) in [6, 6.07) is 4.56. The van der Waals surface area contributed by atoms with E-state index in [-0.39, 0.29) is 6.04 Å². The first-order valence-electron chi connectivity index (χ1n) is 7.84. The molecular weight excluding hydrogens is 296 g/mol. The van der Waals surface area contributed by atoms with Gasteiger partial charge in [0.25, 0.3) is 5.89 Å². The van der Waals surface area contributed by atoms with E-state index in [0.717, 1.165) is 11.3 Å². The first-order chi connectivity index (χ1) is 10.8. The molecule has 0 amide bonds. The number of thiophene rings is 1. The molecule has 1 aliphatic carbocycles. The molecule has 3 rings (SSSR count). The van der Waals surface area contributed by atoms with Crippen molar-refractivity contribution in [2.24, 2.45) is 0 Å². The van der Waals surface area contributed by atoms with Crippen LogP contribution in [-0.2, 0) is 19.4 Å². The van der Waals surface area contributed by atoms with Gasteiger partial charge in [0.2, 0.25) is 5.89 Å². The Balaban J connectivity index is 1.66. The molecule has 0 saturated carbocycles. The fourth-order valence-electron chi connectivity index (χ4n) is 2.72. The zero-order chi connectivity index (χ0) is 15.4. The van der Waals surface area contributed by atoms with Crippen LogP contribution in [0, 0.1) is 11.3 Å². The average Bonchev–Trinajstić information content (AvgIpc) is 3.17. The molecule has 0 unspecified atom stereocenters. The molecule has 5 nitrogen and oxygen atoms in total. The maximum Gasteiger partial charge on any atom is 0.257 e. The minimum atomic E-state index is 0.175. The Morgan fingerprint density at radius 1 is 1.41 bits per heavy atom. The van der Waals surface area contributed by atoms with Crippen molar-refractivity contribution < 1.29 is 4.42 Å². The molecule has 2 aromatic rings. The Hall–Kier alpha value is -1.71. The molecule has 0 aromatic carbocycles. The van der Waals surface area contributed by atoms with Gasteiger partial charge in [-0.2, -0.15) is 5.26 Å². The quantitative estimate of drug-likeness (QED) is 0.883. The number of hydrogen-bond acceptors (Lipinski definition) is 6. The van der Waals surface area contributed by atoms with Crippen LogP contribution < -0.4 is 5.32 Å². The molecule has 0 radical (unpaired) electrons. The van der Waals surface area contributed by atoms with Crippen LogP contribution in [0.2, 0.25) is 0 Å². The smallest absolute Gasteiger partial charge is 0.257 e. The van der Waals surface area contributed by atoms with Crippen LogP contribution >= 0.6 is 11.3 Å². The van der Waals surface area contributed by atoms with Crippen LogP contribution in [0.3, 0.4) is 0 Å². The Morgan fingerprint density at radius 2 is 2.27 bits per heavy atom. The first-order valence-corrected chi connectivity index (χ1v) is 8.66. The van der Waals surface area contributed by atoms with Gasteiger partial charge in [-0.05, 0) is 43.7 Å². The number of nitriles is 1. The van der Waals surface area contributed by atoms with Crippen molar-refractivity contribution in [3.05, 3.63) is 22.4 Å². The van der Waals surface area contributed by atoms with E-state index in [0.29, 0.717) is 24.7 Å². The summed E-state index contributed by atoms with van der Waals surface area (Å²) in [6.07, 6.45) is 6.31. The van der Waals surface area contributed by atoms with Crippen LogP contribution in [0.25, 0.3) is 10.8 Å². The lowest BCUT2D eigenvalue weighted by molar-refractivity contribution is 0.433. The Kier molecular flexibility index (Phi) is 4.86. The zero-order valence-corrected chi connectivity index (χ0v) is 13.6. The fourth-order valence-corrected chi connectivity index (χ4v) is 3.90. The van der Waals surface area contributed by atoms with Crippen LogP contribution in [-0.4, -0.2) is 16.2 Å². The van der Waals surface area contributed by atoms with Gasteiger partial charge in [0.1, 0.15) is 0 Å². The second-order valence-corrected chi connectivity index (χ2v) is 6.75. The fraction of sp³-hybridized carbons (Fsp3) is 0.562. The Morgan fingerprint density at radius 3 is 3.05 bits per heavy atom. The molecule has 0 aliphatic heterocycles. The van der Waals surface area contributed by atoms with E-state index in [9.17, 15) is 0 Å². The third-order valence-corrected chi connectivity index (χ3v) is 5.27. The number of rotatable bonds is 6. The topological polar surface area (TPSA) is 74.7 Å². The standard InChI is InChI=1S/C16H20N4OS/c1-2-12(7-8-17)18-10-15-19-20-16(21-15)14-9-11-5-3-4-6-13(11)22-14/h9,12,18H,2-7,10H2,1H3/t12-/m1/s1.